The Hall–Kier alpha value is -2.38. The van der Waals surface area contributed by atoms with E-state index in [1.165, 1.54) is 24.0 Å². The van der Waals surface area contributed by atoms with Crippen LogP contribution in [0.1, 0.15) is 48.9 Å². The average molecular weight is 451 g/mol. The second kappa shape index (κ2) is 7.84. The number of aromatic nitrogens is 2. The molecule has 1 saturated carbocycles. The minimum atomic E-state index is -0.845. The number of likely N-dealkylation sites (tertiary alicyclic amines) is 2. The second-order valence-corrected chi connectivity index (χ2v) is 10.6. The smallest absolute Gasteiger partial charge is 0.228 e. The van der Waals surface area contributed by atoms with E-state index < -0.39 is 5.60 Å². The van der Waals surface area contributed by atoms with Crippen LogP contribution in [-0.4, -0.2) is 75.7 Å². The maximum atomic E-state index is 13.1. The van der Waals surface area contributed by atoms with E-state index in [-0.39, 0.29) is 17.4 Å². The Morgan fingerprint density at radius 2 is 2.06 bits per heavy atom. The number of hydrogen-bond donors (Lipinski definition) is 2. The number of hydrogen-bond acceptors (Lipinski definition) is 5. The van der Waals surface area contributed by atoms with E-state index in [0.717, 1.165) is 49.7 Å². The topological polar surface area (TPSA) is 81.7 Å². The number of nitrogens with one attached hydrogen (secondary N) is 1. The normalized spacial score (nSPS) is 31.5. The van der Waals surface area contributed by atoms with Crippen molar-refractivity contribution in [2.24, 2.45) is 5.92 Å². The average Bonchev–Trinajstić information content (AvgIpc) is 3.52. The molecule has 3 heterocycles. The highest BCUT2D eigenvalue weighted by molar-refractivity contribution is 5.78. The molecule has 1 aromatic carbocycles. The zero-order valence-electron chi connectivity index (χ0n) is 19.4. The molecule has 0 unspecified atom stereocenters. The van der Waals surface area contributed by atoms with Crippen LogP contribution in [0.15, 0.2) is 30.7 Å². The summed E-state index contributed by atoms with van der Waals surface area (Å²) in [4.78, 5) is 24.8. The summed E-state index contributed by atoms with van der Waals surface area (Å²) in [6.07, 6.45) is 9.48. The van der Waals surface area contributed by atoms with Gasteiger partial charge in [0.05, 0.1) is 25.5 Å². The Morgan fingerprint density at radius 1 is 1.24 bits per heavy atom. The molecule has 2 saturated heterocycles. The van der Waals surface area contributed by atoms with Crippen molar-refractivity contribution in [2.45, 2.75) is 62.0 Å². The molecular formula is C26H34N4O3. The number of rotatable bonds is 5. The lowest BCUT2D eigenvalue weighted by Gasteiger charge is -2.61. The molecule has 7 heteroatoms. The lowest BCUT2D eigenvalue weighted by atomic mass is 9.52. The molecule has 4 aliphatic rings. The number of amides is 1. The number of carbonyl (C=O) groups is 1. The standard InChI is InChI=1S/C26H34N4O3/c1-33-21-5-4-19-12-23-26(32)8-11-29(24(31)13-20-15-27-17-28-20)9-6-25(26,22(19)14-21)7-10-30(23)16-18-2-3-18/h4-5,14-15,17-18,23,32H,2-3,6-13,16H2,1H3,(H,27,28)/t23-,25+,26-/m1/s1. The van der Waals surface area contributed by atoms with E-state index in [2.05, 4.69) is 33.1 Å². The molecule has 2 aliphatic carbocycles. The highest BCUT2D eigenvalue weighted by atomic mass is 16.5. The number of aliphatic hydroxyl groups is 1. The number of imidazole rings is 1. The van der Waals surface area contributed by atoms with Crippen molar-refractivity contribution in [3.8, 4) is 5.75 Å². The largest absolute Gasteiger partial charge is 0.497 e. The first-order valence-electron chi connectivity index (χ1n) is 12.4. The first-order chi connectivity index (χ1) is 16.0. The summed E-state index contributed by atoms with van der Waals surface area (Å²) in [5, 5.41) is 12.6. The molecule has 3 fully saturated rings. The van der Waals surface area contributed by atoms with E-state index in [0.29, 0.717) is 25.9 Å². The minimum absolute atomic E-state index is 0.105. The predicted octanol–water partition coefficient (Wildman–Crippen LogP) is 2.29. The van der Waals surface area contributed by atoms with Gasteiger partial charge < -0.3 is 19.7 Å². The number of methoxy groups -OCH3 is 1. The van der Waals surface area contributed by atoms with Crippen LogP contribution in [0.4, 0.5) is 0 Å². The summed E-state index contributed by atoms with van der Waals surface area (Å²) in [6, 6.07) is 6.53. The van der Waals surface area contributed by atoms with Gasteiger partial charge in [0.1, 0.15) is 5.75 Å². The van der Waals surface area contributed by atoms with Crippen molar-refractivity contribution >= 4 is 5.91 Å². The second-order valence-electron chi connectivity index (χ2n) is 10.6. The monoisotopic (exact) mass is 450 g/mol. The van der Waals surface area contributed by atoms with Gasteiger partial charge in [-0.1, -0.05) is 6.07 Å². The quantitative estimate of drug-likeness (QED) is 0.731. The Balaban J connectivity index is 1.36. The number of fused-ring (bicyclic) bond motifs is 1. The van der Waals surface area contributed by atoms with E-state index in [9.17, 15) is 9.90 Å². The van der Waals surface area contributed by atoms with Gasteiger partial charge in [-0.2, -0.15) is 0 Å². The SMILES string of the molecule is COc1ccc2c(c1)[C@@]13CCN(C(=O)Cc4cnc[nH]4)CC[C@@]1(O)[C@@H](C2)N(CC1CC1)CC3. The number of carbonyl (C=O) groups excluding carboxylic acids is 1. The van der Waals surface area contributed by atoms with Gasteiger partial charge >= 0.3 is 0 Å². The molecule has 6 rings (SSSR count). The van der Waals surface area contributed by atoms with Crippen LogP contribution in [0.5, 0.6) is 5.75 Å². The van der Waals surface area contributed by atoms with Crippen LogP contribution < -0.4 is 4.74 Å². The summed E-state index contributed by atoms with van der Waals surface area (Å²) >= 11 is 0. The van der Waals surface area contributed by atoms with E-state index >= 15 is 0 Å². The van der Waals surface area contributed by atoms with Crippen molar-refractivity contribution in [3.63, 3.8) is 0 Å². The summed E-state index contributed by atoms with van der Waals surface area (Å²) in [5.74, 6) is 1.74. The van der Waals surface area contributed by atoms with Crippen LogP contribution in [0, 0.1) is 5.92 Å². The Labute approximate surface area is 195 Å². The molecule has 1 amide bonds. The van der Waals surface area contributed by atoms with Crippen molar-refractivity contribution in [1.29, 1.82) is 0 Å². The van der Waals surface area contributed by atoms with Gasteiger partial charge in [0.25, 0.3) is 0 Å². The van der Waals surface area contributed by atoms with Crippen LogP contribution in [-0.2, 0) is 23.1 Å². The lowest BCUT2D eigenvalue weighted by molar-refractivity contribution is -0.149. The zero-order valence-corrected chi connectivity index (χ0v) is 19.4. The van der Waals surface area contributed by atoms with Gasteiger partial charge in [-0.25, -0.2) is 4.98 Å². The third-order valence-corrected chi connectivity index (χ3v) is 8.90. The van der Waals surface area contributed by atoms with Gasteiger partial charge in [-0.3, -0.25) is 9.69 Å². The highest BCUT2D eigenvalue weighted by Gasteiger charge is 2.63. The van der Waals surface area contributed by atoms with Crippen LogP contribution >= 0.6 is 0 Å². The number of ether oxygens (including phenoxy) is 1. The molecule has 2 bridgehead atoms. The number of aromatic amines is 1. The fourth-order valence-electron chi connectivity index (χ4n) is 6.89. The molecule has 2 aromatic rings. The summed E-state index contributed by atoms with van der Waals surface area (Å²) in [7, 11) is 1.71. The molecule has 7 nitrogen and oxygen atoms in total. The van der Waals surface area contributed by atoms with Crippen molar-refractivity contribution in [2.75, 3.05) is 33.3 Å². The summed E-state index contributed by atoms with van der Waals surface area (Å²) in [5.41, 5.74) is 2.23. The van der Waals surface area contributed by atoms with Gasteiger partial charge in [-0.15, -0.1) is 0 Å². The summed E-state index contributed by atoms with van der Waals surface area (Å²) in [6.45, 7) is 3.37. The highest BCUT2D eigenvalue weighted by Crippen LogP contribution is 2.56. The molecule has 1 aromatic heterocycles. The van der Waals surface area contributed by atoms with Crippen LogP contribution in [0.2, 0.25) is 0 Å². The minimum Gasteiger partial charge on any atom is -0.497 e. The fourth-order valence-corrected chi connectivity index (χ4v) is 6.89. The lowest BCUT2D eigenvalue weighted by Crippen LogP contribution is -2.71. The third-order valence-electron chi connectivity index (χ3n) is 8.90. The van der Waals surface area contributed by atoms with Gasteiger partial charge in [0, 0.05) is 43.0 Å². The molecule has 2 N–H and O–H groups in total. The van der Waals surface area contributed by atoms with E-state index in [4.69, 9.17) is 4.74 Å². The van der Waals surface area contributed by atoms with Crippen LogP contribution in [0.3, 0.4) is 0 Å². The van der Waals surface area contributed by atoms with Gasteiger partial charge in [0.15, 0.2) is 0 Å². The number of nitrogens with zero attached hydrogens (tertiary/aromatic N) is 3. The van der Waals surface area contributed by atoms with Crippen molar-refractivity contribution in [3.05, 3.63) is 47.5 Å². The van der Waals surface area contributed by atoms with Gasteiger partial charge in [0.2, 0.25) is 5.91 Å². The van der Waals surface area contributed by atoms with Crippen LogP contribution in [0.25, 0.3) is 0 Å². The summed E-state index contributed by atoms with van der Waals surface area (Å²) < 4.78 is 5.59. The first-order valence-corrected chi connectivity index (χ1v) is 12.4. The number of H-pyrrole nitrogens is 1. The van der Waals surface area contributed by atoms with Gasteiger partial charge in [-0.05, 0) is 74.2 Å². The number of piperidine rings is 1. The maximum absolute atomic E-state index is 13.1. The Bertz CT molecular complexity index is 1040. The van der Waals surface area contributed by atoms with Crippen molar-refractivity contribution in [1.82, 2.24) is 19.8 Å². The van der Waals surface area contributed by atoms with Crippen molar-refractivity contribution < 1.29 is 14.6 Å². The van der Waals surface area contributed by atoms with E-state index in [1.807, 2.05) is 4.90 Å². The first kappa shape index (κ1) is 21.2. The molecule has 176 valence electrons. The molecule has 0 radical (unpaired) electrons. The maximum Gasteiger partial charge on any atom is 0.228 e. The Morgan fingerprint density at radius 3 is 2.82 bits per heavy atom. The van der Waals surface area contributed by atoms with E-state index in [1.54, 1.807) is 19.6 Å². The predicted molar refractivity (Wildman–Crippen MR) is 124 cm³/mol. The molecular weight excluding hydrogens is 416 g/mol. The Kier molecular flexibility index (Phi) is 5.03. The number of benzene rings is 1. The fraction of sp³-hybridized carbons (Fsp3) is 0.615. The molecule has 2 aliphatic heterocycles. The third kappa shape index (κ3) is 3.39. The molecule has 33 heavy (non-hydrogen) atoms. The zero-order chi connectivity index (χ0) is 22.6. The molecule has 0 spiro atoms. The molecule has 3 atom stereocenters.